The van der Waals surface area contributed by atoms with E-state index in [1.54, 1.807) is 6.20 Å². The van der Waals surface area contributed by atoms with E-state index in [-0.39, 0.29) is 0 Å². The lowest BCUT2D eigenvalue weighted by atomic mass is 9.97. The van der Waals surface area contributed by atoms with Crippen LogP contribution < -0.4 is 4.90 Å². The van der Waals surface area contributed by atoms with Gasteiger partial charge in [-0.1, -0.05) is 11.6 Å². The Morgan fingerprint density at radius 3 is 2.92 bits per heavy atom. The van der Waals surface area contributed by atoms with E-state index in [0.717, 1.165) is 38.4 Å². The molecule has 0 spiro atoms. The summed E-state index contributed by atoms with van der Waals surface area (Å²) in [4.78, 5) is 13.7. The fourth-order valence-electron chi connectivity index (χ4n) is 3.38. The van der Waals surface area contributed by atoms with Gasteiger partial charge < -0.3 is 14.4 Å². The number of hydrogen-bond acceptors (Lipinski definition) is 4. The largest absolute Gasteiger partial charge is 0.356 e. The van der Waals surface area contributed by atoms with Crippen LogP contribution in [-0.4, -0.2) is 53.2 Å². The Bertz CT molecular complexity index is 637. The highest BCUT2D eigenvalue weighted by molar-refractivity contribution is 6.30. The second kappa shape index (κ2) is 7.99. The van der Waals surface area contributed by atoms with Crippen LogP contribution in [0.2, 0.25) is 5.02 Å². The van der Waals surface area contributed by atoms with Crippen LogP contribution in [0.15, 0.2) is 30.7 Å². The second-order valence-corrected chi connectivity index (χ2v) is 7.19. The van der Waals surface area contributed by atoms with E-state index in [9.17, 15) is 0 Å². The predicted octanol–water partition coefficient (Wildman–Crippen LogP) is 3.27. The number of pyridine rings is 1. The normalized spacial score (nSPS) is 18.3. The van der Waals surface area contributed by atoms with E-state index in [4.69, 9.17) is 11.6 Å². The van der Waals surface area contributed by atoms with E-state index in [1.165, 1.54) is 18.7 Å². The molecule has 130 valence electrons. The first-order chi connectivity index (χ1) is 11.6. The van der Waals surface area contributed by atoms with Crippen LogP contribution in [0, 0.1) is 0 Å². The first kappa shape index (κ1) is 17.2. The Balaban J connectivity index is 1.66. The molecule has 0 saturated carbocycles. The number of anilines is 1. The zero-order chi connectivity index (χ0) is 16.9. The van der Waals surface area contributed by atoms with Crippen LogP contribution in [0.5, 0.6) is 0 Å². The second-order valence-electron chi connectivity index (χ2n) is 6.76. The highest BCUT2D eigenvalue weighted by atomic mass is 35.5. The Kier molecular flexibility index (Phi) is 5.74. The highest BCUT2D eigenvalue weighted by Crippen LogP contribution is 2.28. The van der Waals surface area contributed by atoms with E-state index < -0.39 is 0 Å². The highest BCUT2D eigenvalue weighted by Gasteiger charge is 2.25. The quantitative estimate of drug-likeness (QED) is 0.803. The number of nitrogens with zero attached hydrogens (tertiary/aromatic N) is 5. The van der Waals surface area contributed by atoms with Crippen LogP contribution in [0.4, 0.5) is 5.82 Å². The lowest BCUT2D eigenvalue weighted by Crippen LogP contribution is -2.36. The third-order valence-electron chi connectivity index (χ3n) is 4.57. The Hall–Kier alpha value is -1.59. The lowest BCUT2D eigenvalue weighted by Gasteiger charge is -2.33. The molecule has 1 aliphatic rings. The molecule has 0 aliphatic carbocycles. The van der Waals surface area contributed by atoms with Gasteiger partial charge in [-0.3, -0.25) is 0 Å². The summed E-state index contributed by atoms with van der Waals surface area (Å²) in [5.41, 5.74) is 0. The summed E-state index contributed by atoms with van der Waals surface area (Å²) in [5, 5.41) is 0.684. The average Bonchev–Trinajstić information content (AvgIpc) is 3.04. The number of piperidine rings is 1. The molecule has 0 aromatic carbocycles. The van der Waals surface area contributed by atoms with Gasteiger partial charge in [0.15, 0.2) is 0 Å². The summed E-state index contributed by atoms with van der Waals surface area (Å²) in [6, 6.07) is 3.92. The maximum atomic E-state index is 5.95. The molecule has 6 heteroatoms. The molecule has 0 bridgehead atoms. The molecular formula is C18H26ClN5. The first-order valence-corrected chi connectivity index (χ1v) is 9.03. The molecule has 1 fully saturated rings. The zero-order valence-corrected chi connectivity index (χ0v) is 15.3. The van der Waals surface area contributed by atoms with Gasteiger partial charge in [-0.15, -0.1) is 0 Å². The Labute approximate surface area is 149 Å². The fourth-order valence-corrected chi connectivity index (χ4v) is 3.49. The van der Waals surface area contributed by atoms with Crippen molar-refractivity contribution in [2.45, 2.75) is 31.7 Å². The summed E-state index contributed by atoms with van der Waals surface area (Å²) in [5.74, 6) is 2.69. The molecule has 24 heavy (non-hydrogen) atoms. The number of aromatic nitrogens is 3. The lowest BCUT2D eigenvalue weighted by molar-refractivity contribution is 0.380. The first-order valence-electron chi connectivity index (χ1n) is 8.66. The van der Waals surface area contributed by atoms with Gasteiger partial charge in [0.2, 0.25) is 0 Å². The van der Waals surface area contributed by atoms with Crippen LogP contribution >= 0.6 is 11.6 Å². The summed E-state index contributed by atoms with van der Waals surface area (Å²) in [6.45, 7) is 4.15. The van der Waals surface area contributed by atoms with Gasteiger partial charge in [0, 0.05) is 44.1 Å². The van der Waals surface area contributed by atoms with Gasteiger partial charge in [0.25, 0.3) is 0 Å². The van der Waals surface area contributed by atoms with Crippen molar-refractivity contribution in [2.24, 2.45) is 0 Å². The van der Waals surface area contributed by atoms with Crippen molar-refractivity contribution < 1.29 is 0 Å². The van der Waals surface area contributed by atoms with Crippen LogP contribution in [0.25, 0.3) is 0 Å². The smallest absolute Gasteiger partial charge is 0.128 e. The van der Waals surface area contributed by atoms with Crippen molar-refractivity contribution in [3.05, 3.63) is 41.6 Å². The number of imidazole rings is 1. The molecule has 3 rings (SSSR count). The number of halogens is 1. The Morgan fingerprint density at radius 2 is 2.17 bits per heavy atom. The summed E-state index contributed by atoms with van der Waals surface area (Å²) in [7, 11) is 4.24. The molecule has 3 heterocycles. The standard InChI is InChI=1S/C18H26ClN5/c1-22(2)9-4-11-23-12-8-20-18(23)15-5-3-10-24(14-15)17-7-6-16(19)13-21-17/h6-8,12-13,15H,3-5,9-11,14H2,1-2H3. The van der Waals surface area contributed by atoms with E-state index >= 15 is 0 Å². The van der Waals surface area contributed by atoms with Gasteiger partial charge >= 0.3 is 0 Å². The van der Waals surface area contributed by atoms with Gasteiger partial charge in [-0.25, -0.2) is 9.97 Å². The molecule has 0 radical (unpaired) electrons. The minimum absolute atomic E-state index is 0.464. The van der Waals surface area contributed by atoms with E-state index in [1.807, 2.05) is 18.3 Å². The molecule has 0 amide bonds. The van der Waals surface area contributed by atoms with E-state index in [2.05, 4.69) is 44.6 Å². The van der Waals surface area contributed by atoms with Gasteiger partial charge in [-0.05, 0) is 52.0 Å². The molecule has 2 aromatic heterocycles. The molecule has 5 nitrogen and oxygen atoms in total. The minimum Gasteiger partial charge on any atom is -0.356 e. The van der Waals surface area contributed by atoms with Crippen molar-refractivity contribution in [3.63, 3.8) is 0 Å². The molecule has 0 N–H and O–H groups in total. The fraction of sp³-hybridized carbons (Fsp3) is 0.556. The summed E-state index contributed by atoms with van der Waals surface area (Å²) >= 11 is 5.95. The topological polar surface area (TPSA) is 37.2 Å². The maximum Gasteiger partial charge on any atom is 0.128 e. The molecule has 2 aromatic rings. The zero-order valence-electron chi connectivity index (χ0n) is 14.5. The Morgan fingerprint density at radius 1 is 1.29 bits per heavy atom. The van der Waals surface area contributed by atoms with Crippen molar-refractivity contribution in [1.82, 2.24) is 19.4 Å². The molecule has 1 unspecified atom stereocenters. The molecule has 1 atom stereocenters. The number of hydrogen-bond donors (Lipinski definition) is 0. The predicted molar refractivity (Wildman–Crippen MR) is 98.8 cm³/mol. The van der Waals surface area contributed by atoms with E-state index in [0.29, 0.717) is 10.9 Å². The summed E-state index contributed by atoms with van der Waals surface area (Å²) < 4.78 is 2.33. The molecule has 1 saturated heterocycles. The minimum atomic E-state index is 0.464. The van der Waals surface area contributed by atoms with Gasteiger partial charge in [0.1, 0.15) is 11.6 Å². The van der Waals surface area contributed by atoms with Crippen LogP contribution in [-0.2, 0) is 6.54 Å². The monoisotopic (exact) mass is 347 g/mol. The molecular weight excluding hydrogens is 322 g/mol. The van der Waals surface area contributed by atoms with Crippen molar-refractivity contribution >= 4 is 17.4 Å². The van der Waals surface area contributed by atoms with Gasteiger partial charge in [-0.2, -0.15) is 0 Å². The van der Waals surface area contributed by atoms with Crippen molar-refractivity contribution in [1.29, 1.82) is 0 Å². The summed E-state index contributed by atoms with van der Waals surface area (Å²) in [6.07, 6.45) is 9.28. The average molecular weight is 348 g/mol. The van der Waals surface area contributed by atoms with Gasteiger partial charge in [0.05, 0.1) is 5.02 Å². The third-order valence-corrected chi connectivity index (χ3v) is 4.80. The van der Waals surface area contributed by atoms with Crippen LogP contribution in [0.3, 0.4) is 0 Å². The molecule has 1 aliphatic heterocycles. The maximum absolute atomic E-state index is 5.95. The van der Waals surface area contributed by atoms with Crippen LogP contribution in [0.1, 0.15) is 31.0 Å². The SMILES string of the molecule is CN(C)CCCn1ccnc1C1CCCN(c2ccc(Cl)cn2)C1. The third kappa shape index (κ3) is 4.28. The van der Waals surface area contributed by atoms with Crippen molar-refractivity contribution in [3.8, 4) is 0 Å². The number of aryl methyl sites for hydroxylation is 1. The number of rotatable bonds is 6. The van der Waals surface area contributed by atoms with Crippen molar-refractivity contribution in [2.75, 3.05) is 38.6 Å².